The van der Waals surface area contributed by atoms with Crippen molar-refractivity contribution in [2.45, 2.75) is 32.2 Å². The van der Waals surface area contributed by atoms with Crippen LogP contribution in [0.1, 0.15) is 25.7 Å². The molecule has 142 valence electrons. The van der Waals surface area contributed by atoms with Gasteiger partial charge in [0.15, 0.2) is 0 Å². The number of anilines is 1. The lowest BCUT2D eigenvalue weighted by atomic mass is 9.82. The van der Waals surface area contributed by atoms with Gasteiger partial charge >= 0.3 is 11.7 Å². The summed E-state index contributed by atoms with van der Waals surface area (Å²) in [6.07, 6.45) is 3.10. The molecular weight excluding hydrogens is 334 g/mol. The predicted octanol–water partition coefficient (Wildman–Crippen LogP) is 2.29. The molecule has 0 unspecified atom stereocenters. The fraction of sp³-hybridized carbons (Fsp3) is 0.579. The Hall–Kier alpha value is -2.28. The lowest BCUT2D eigenvalue weighted by Crippen LogP contribution is -2.28. The number of ether oxygens (including phenoxy) is 1. The van der Waals surface area contributed by atoms with Crippen molar-refractivity contribution in [3.63, 3.8) is 0 Å². The highest BCUT2D eigenvalue weighted by Gasteiger charge is 2.27. The number of hydrogen-bond acceptors (Lipinski definition) is 4. The Labute approximate surface area is 152 Å². The van der Waals surface area contributed by atoms with E-state index in [2.05, 4.69) is 5.32 Å². The van der Waals surface area contributed by atoms with Crippen molar-refractivity contribution in [2.75, 3.05) is 25.6 Å². The lowest BCUT2D eigenvalue weighted by molar-refractivity contribution is -0.143. The largest absolute Gasteiger partial charge is 0.481 e. The van der Waals surface area contributed by atoms with Gasteiger partial charge in [-0.3, -0.25) is 13.9 Å². The molecule has 0 spiro atoms. The van der Waals surface area contributed by atoms with Crippen LogP contribution >= 0.6 is 0 Å². The van der Waals surface area contributed by atoms with Gasteiger partial charge in [-0.05, 0) is 49.8 Å². The molecule has 1 aromatic heterocycles. The number of hydrogen-bond donors (Lipinski definition) is 2. The van der Waals surface area contributed by atoms with E-state index in [9.17, 15) is 9.59 Å². The van der Waals surface area contributed by atoms with Gasteiger partial charge in [0.1, 0.15) is 0 Å². The maximum Gasteiger partial charge on any atom is 0.328 e. The number of carbonyl (C=O) groups is 1. The molecule has 1 aliphatic carbocycles. The number of fused-ring (bicyclic) bond motifs is 1. The van der Waals surface area contributed by atoms with Crippen LogP contribution in [0.25, 0.3) is 11.0 Å². The molecule has 3 rings (SSSR count). The van der Waals surface area contributed by atoms with Gasteiger partial charge < -0.3 is 15.2 Å². The SMILES string of the molecule is COCCNc1ccc2c(c1)n(CC1CCC(C(=O)O)CC1)c(=O)n2C. The molecule has 26 heavy (non-hydrogen) atoms. The molecule has 1 aliphatic rings. The van der Waals surface area contributed by atoms with E-state index in [4.69, 9.17) is 9.84 Å². The molecule has 1 aromatic carbocycles. The molecule has 1 fully saturated rings. The molecular formula is C19H27N3O4. The van der Waals surface area contributed by atoms with Crippen LogP contribution in [0.15, 0.2) is 23.0 Å². The van der Waals surface area contributed by atoms with E-state index in [1.54, 1.807) is 18.7 Å². The molecule has 0 radical (unpaired) electrons. The van der Waals surface area contributed by atoms with Gasteiger partial charge in [0.05, 0.1) is 23.6 Å². The maximum atomic E-state index is 12.7. The summed E-state index contributed by atoms with van der Waals surface area (Å²) in [6, 6.07) is 5.94. The van der Waals surface area contributed by atoms with Crippen LogP contribution in [0.3, 0.4) is 0 Å². The summed E-state index contributed by atoms with van der Waals surface area (Å²) >= 11 is 0. The number of nitrogens with one attached hydrogen (secondary N) is 1. The summed E-state index contributed by atoms with van der Waals surface area (Å²) in [6.45, 7) is 1.97. The molecule has 2 N–H and O–H groups in total. The van der Waals surface area contributed by atoms with Crippen molar-refractivity contribution in [3.05, 3.63) is 28.7 Å². The summed E-state index contributed by atoms with van der Waals surface area (Å²) in [5.74, 6) is -0.580. The Morgan fingerprint density at radius 1 is 1.27 bits per heavy atom. The van der Waals surface area contributed by atoms with Crippen LogP contribution in [-0.2, 0) is 23.1 Å². The standard InChI is InChI=1S/C19H27N3O4/c1-21-16-8-7-15(20-9-10-26-2)11-17(16)22(19(21)25)12-13-3-5-14(6-4-13)18(23)24/h7-8,11,13-14,20H,3-6,9-10,12H2,1-2H3,(H,23,24). The molecule has 2 aromatic rings. The van der Waals surface area contributed by atoms with Gasteiger partial charge in [0.25, 0.3) is 0 Å². The lowest BCUT2D eigenvalue weighted by Gasteiger charge is -2.26. The average Bonchev–Trinajstić information content (AvgIpc) is 2.87. The molecule has 1 saturated carbocycles. The van der Waals surface area contributed by atoms with Crippen LogP contribution in [0.4, 0.5) is 5.69 Å². The molecule has 7 heteroatoms. The van der Waals surface area contributed by atoms with Gasteiger partial charge in [-0.25, -0.2) is 4.79 Å². The van der Waals surface area contributed by atoms with Crippen molar-refractivity contribution in [2.24, 2.45) is 18.9 Å². The molecule has 0 bridgehead atoms. The minimum atomic E-state index is -0.697. The number of carboxylic acid groups (broad SMARTS) is 1. The first-order valence-corrected chi connectivity index (χ1v) is 9.16. The van der Waals surface area contributed by atoms with E-state index >= 15 is 0 Å². The van der Waals surface area contributed by atoms with Crippen molar-refractivity contribution in [1.82, 2.24) is 9.13 Å². The van der Waals surface area contributed by atoms with Crippen LogP contribution in [0.5, 0.6) is 0 Å². The molecule has 1 heterocycles. The summed E-state index contributed by atoms with van der Waals surface area (Å²) < 4.78 is 8.57. The monoisotopic (exact) mass is 361 g/mol. The Morgan fingerprint density at radius 3 is 2.65 bits per heavy atom. The second-order valence-electron chi connectivity index (χ2n) is 7.13. The van der Waals surface area contributed by atoms with E-state index in [0.29, 0.717) is 38.5 Å². The fourth-order valence-corrected chi connectivity index (χ4v) is 3.84. The Bertz CT molecular complexity index is 831. The highest BCUT2D eigenvalue weighted by atomic mass is 16.5. The quantitative estimate of drug-likeness (QED) is 0.739. The van der Waals surface area contributed by atoms with Crippen LogP contribution in [0.2, 0.25) is 0 Å². The third kappa shape index (κ3) is 3.77. The molecule has 7 nitrogen and oxygen atoms in total. The zero-order valence-electron chi connectivity index (χ0n) is 15.4. The number of benzene rings is 1. The van der Waals surface area contributed by atoms with E-state index in [1.807, 2.05) is 22.8 Å². The molecule has 0 saturated heterocycles. The first-order valence-electron chi connectivity index (χ1n) is 9.16. The van der Waals surface area contributed by atoms with E-state index in [1.165, 1.54) is 0 Å². The van der Waals surface area contributed by atoms with Gasteiger partial charge in [-0.15, -0.1) is 0 Å². The zero-order valence-corrected chi connectivity index (χ0v) is 15.4. The second-order valence-corrected chi connectivity index (χ2v) is 7.13. The Morgan fingerprint density at radius 2 is 2.00 bits per heavy atom. The first-order chi connectivity index (χ1) is 12.5. The number of imidazole rings is 1. The number of aryl methyl sites for hydroxylation is 1. The Kier molecular flexibility index (Phi) is 5.66. The Balaban J connectivity index is 1.80. The summed E-state index contributed by atoms with van der Waals surface area (Å²) in [7, 11) is 3.46. The van der Waals surface area contributed by atoms with E-state index in [-0.39, 0.29) is 11.6 Å². The summed E-state index contributed by atoms with van der Waals surface area (Å²) in [4.78, 5) is 23.8. The van der Waals surface area contributed by atoms with Crippen molar-refractivity contribution < 1.29 is 14.6 Å². The van der Waals surface area contributed by atoms with Crippen molar-refractivity contribution >= 4 is 22.7 Å². The summed E-state index contributed by atoms with van der Waals surface area (Å²) in [5.41, 5.74) is 2.77. The normalized spacial score (nSPS) is 20.4. The minimum Gasteiger partial charge on any atom is -0.481 e. The van der Waals surface area contributed by atoms with E-state index in [0.717, 1.165) is 29.6 Å². The van der Waals surface area contributed by atoms with Crippen LogP contribution < -0.4 is 11.0 Å². The number of methoxy groups -OCH3 is 1. The average molecular weight is 361 g/mol. The molecule has 0 aliphatic heterocycles. The second kappa shape index (κ2) is 7.95. The third-order valence-electron chi connectivity index (χ3n) is 5.42. The molecule has 0 atom stereocenters. The zero-order chi connectivity index (χ0) is 18.7. The van der Waals surface area contributed by atoms with Crippen molar-refractivity contribution in [1.29, 1.82) is 0 Å². The van der Waals surface area contributed by atoms with Crippen molar-refractivity contribution in [3.8, 4) is 0 Å². The van der Waals surface area contributed by atoms with Gasteiger partial charge in [0, 0.05) is 32.9 Å². The van der Waals surface area contributed by atoms with Crippen LogP contribution in [-0.4, -0.2) is 40.5 Å². The number of rotatable bonds is 7. The van der Waals surface area contributed by atoms with Gasteiger partial charge in [-0.2, -0.15) is 0 Å². The maximum absolute atomic E-state index is 12.7. The number of aromatic nitrogens is 2. The first kappa shape index (κ1) is 18.5. The van der Waals surface area contributed by atoms with Gasteiger partial charge in [-0.1, -0.05) is 0 Å². The number of aliphatic carboxylic acids is 1. The van der Waals surface area contributed by atoms with Crippen LogP contribution in [0, 0.1) is 11.8 Å². The highest BCUT2D eigenvalue weighted by Crippen LogP contribution is 2.30. The smallest absolute Gasteiger partial charge is 0.328 e. The highest BCUT2D eigenvalue weighted by molar-refractivity contribution is 5.80. The minimum absolute atomic E-state index is 0.0191. The number of nitrogens with zero attached hydrogens (tertiary/aromatic N) is 2. The van der Waals surface area contributed by atoms with Gasteiger partial charge in [0.2, 0.25) is 0 Å². The summed E-state index contributed by atoms with van der Waals surface area (Å²) in [5, 5.41) is 12.4. The number of carboxylic acids is 1. The van der Waals surface area contributed by atoms with E-state index < -0.39 is 5.97 Å². The third-order valence-corrected chi connectivity index (χ3v) is 5.42. The predicted molar refractivity (Wildman–Crippen MR) is 101 cm³/mol. The fourth-order valence-electron chi connectivity index (χ4n) is 3.84. The molecule has 0 amide bonds. The topological polar surface area (TPSA) is 85.5 Å².